The van der Waals surface area contributed by atoms with E-state index in [0.29, 0.717) is 30.0 Å². The second-order valence-corrected chi connectivity index (χ2v) is 9.45. The smallest absolute Gasteiger partial charge is 0.419 e. The van der Waals surface area contributed by atoms with Crippen molar-refractivity contribution >= 4 is 11.9 Å². The summed E-state index contributed by atoms with van der Waals surface area (Å²) in [6.07, 6.45) is -1.87. The largest absolute Gasteiger partial charge is 0.489 e. The highest BCUT2D eigenvalue weighted by atomic mass is 19.4. The number of benzene rings is 1. The van der Waals surface area contributed by atoms with Crippen LogP contribution in [0.3, 0.4) is 0 Å². The van der Waals surface area contributed by atoms with E-state index in [1.165, 1.54) is 6.07 Å². The molecule has 192 valence electrons. The molecule has 1 amide bonds. The number of rotatable bonds is 9. The minimum atomic E-state index is -4.65. The molecule has 2 aromatic rings. The van der Waals surface area contributed by atoms with Gasteiger partial charge in [-0.2, -0.15) is 13.2 Å². The number of alkyl halides is 3. The molecule has 7 nitrogen and oxygen atoms in total. The first kappa shape index (κ1) is 26.6. The SMILES string of the molecule is CC(C)CC(C)(COc1ccc(-c2ccnc(NC3CCCOC3)c2)cc1C(F)(F)F)OC(N)=O. The molecule has 3 N–H and O–H groups in total. The van der Waals surface area contributed by atoms with Crippen LogP contribution < -0.4 is 15.8 Å². The molecule has 10 heteroatoms. The summed E-state index contributed by atoms with van der Waals surface area (Å²) in [4.78, 5) is 15.6. The summed E-state index contributed by atoms with van der Waals surface area (Å²) in [6.45, 7) is 6.40. The van der Waals surface area contributed by atoms with Crippen molar-refractivity contribution in [2.45, 2.75) is 57.9 Å². The van der Waals surface area contributed by atoms with Crippen molar-refractivity contribution in [1.29, 1.82) is 0 Å². The van der Waals surface area contributed by atoms with E-state index >= 15 is 0 Å². The highest BCUT2D eigenvalue weighted by Crippen LogP contribution is 2.39. The molecule has 1 aliphatic heterocycles. The van der Waals surface area contributed by atoms with Gasteiger partial charge in [0.15, 0.2) is 0 Å². The zero-order chi connectivity index (χ0) is 25.6. The molecule has 1 aromatic carbocycles. The maximum atomic E-state index is 13.9. The van der Waals surface area contributed by atoms with Crippen molar-refractivity contribution in [1.82, 2.24) is 4.98 Å². The molecule has 0 aliphatic carbocycles. The lowest BCUT2D eigenvalue weighted by molar-refractivity contribution is -0.139. The highest BCUT2D eigenvalue weighted by Gasteiger charge is 2.36. The molecular formula is C25H32F3N3O4. The summed E-state index contributed by atoms with van der Waals surface area (Å²) in [5, 5.41) is 3.28. The average Bonchev–Trinajstić information content (AvgIpc) is 2.77. The van der Waals surface area contributed by atoms with Gasteiger partial charge in [0.25, 0.3) is 0 Å². The third kappa shape index (κ3) is 7.74. The van der Waals surface area contributed by atoms with E-state index in [1.807, 2.05) is 13.8 Å². The van der Waals surface area contributed by atoms with Crippen LogP contribution >= 0.6 is 0 Å². The standard InChI is InChI=1S/C25H32F3N3O4/c1-16(2)13-24(3,35-23(29)32)15-34-21-7-6-17(11-20(21)25(26,27)28)18-8-9-30-22(12-18)31-19-5-4-10-33-14-19/h6-9,11-12,16,19H,4-5,10,13-15H2,1-3H3,(H2,29,32)(H,30,31). The molecule has 2 heterocycles. The van der Waals surface area contributed by atoms with Crippen LogP contribution in [0.25, 0.3) is 11.1 Å². The number of hydrogen-bond acceptors (Lipinski definition) is 6. The molecule has 2 unspecified atom stereocenters. The topological polar surface area (TPSA) is 95.7 Å². The molecule has 0 radical (unpaired) electrons. The first-order valence-corrected chi connectivity index (χ1v) is 11.6. The maximum Gasteiger partial charge on any atom is 0.419 e. The molecule has 1 fully saturated rings. The van der Waals surface area contributed by atoms with Crippen LogP contribution in [0.1, 0.15) is 45.6 Å². The predicted octanol–water partition coefficient (Wildman–Crippen LogP) is 5.64. The number of aromatic nitrogens is 1. The molecule has 0 saturated carbocycles. The van der Waals surface area contributed by atoms with E-state index in [-0.39, 0.29) is 24.3 Å². The Morgan fingerprint density at radius 2 is 2.00 bits per heavy atom. The van der Waals surface area contributed by atoms with E-state index in [2.05, 4.69) is 10.3 Å². The predicted molar refractivity (Wildman–Crippen MR) is 126 cm³/mol. The van der Waals surface area contributed by atoms with Gasteiger partial charge < -0.3 is 25.3 Å². The van der Waals surface area contributed by atoms with Crippen LogP contribution in [0.15, 0.2) is 36.5 Å². The molecule has 0 spiro atoms. The van der Waals surface area contributed by atoms with Gasteiger partial charge in [-0.3, -0.25) is 0 Å². The van der Waals surface area contributed by atoms with E-state index < -0.39 is 23.4 Å². The Hall–Kier alpha value is -3.01. The summed E-state index contributed by atoms with van der Waals surface area (Å²) >= 11 is 0. The number of nitrogens with one attached hydrogen (secondary N) is 1. The summed E-state index contributed by atoms with van der Waals surface area (Å²) in [6, 6.07) is 7.36. The molecule has 1 aromatic heterocycles. The Bertz CT molecular complexity index is 1010. The summed E-state index contributed by atoms with van der Waals surface area (Å²) in [5.41, 5.74) is 4.02. The lowest BCUT2D eigenvalue weighted by Crippen LogP contribution is -2.41. The van der Waals surface area contributed by atoms with Crippen molar-refractivity contribution in [3.63, 3.8) is 0 Å². The number of anilines is 1. The number of halogens is 3. The summed E-state index contributed by atoms with van der Waals surface area (Å²) in [7, 11) is 0. The van der Waals surface area contributed by atoms with E-state index in [1.54, 1.807) is 31.3 Å². The van der Waals surface area contributed by atoms with Crippen molar-refractivity contribution < 1.29 is 32.2 Å². The van der Waals surface area contributed by atoms with Crippen LogP contribution in [-0.4, -0.2) is 42.5 Å². The van der Waals surface area contributed by atoms with Gasteiger partial charge in [0, 0.05) is 12.8 Å². The number of ether oxygens (including phenoxy) is 3. The quantitative estimate of drug-likeness (QED) is 0.468. The Morgan fingerprint density at radius 3 is 2.63 bits per heavy atom. The first-order chi connectivity index (χ1) is 16.4. The number of nitrogens with two attached hydrogens (primary N) is 1. The normalized spacial score (nSPS) is 18.1. The number of nitrogens with zero attached hydrogens (tertiary/aromatic N) is 1. The molecule has 0 bridgehead atoms. The zero-order valence-electron chi connectivity index (χ0n) is 20.2. The van der Waals surface area contributed by atoms with Crippen LogP contribution in [0.2, 0.25) is 0 Å². The van der Waals surface area contributed by atoms with Gasteiger partial charge in [-0.15, -0.1) is 0 Å². The Kier molecular flexibility index (Phi) is 8.47. The summed E-state index contributed by atoms with van der Waals surface area (Å²) < 4.78 is 58.0. The fourth-order valence-electron chi connectivity index (χ4n) is 4.28. The minimum Gasteiger partial charge on any atom is -0.489 e. The Balaban J connectivity index is 1.84. The fraction of sp³-hybridized carbons (Fsp3) is 0.520. The summed E-state index contributed by atoms with van der Waals surface area (Å²) in [5.74, 6) is 0.318. The maximum absolute atomic E-state index is 13.9. The lowest BCUT2D eigenvalue weighted by Gasteiger charge is -2.30. The van der Waals surface area contributed by atoms with Crippen molar-refractivity contribution in [2.75, 3.05) is 25.1 Å². The van der Waals surface area contributed by atoms with Crippen LogP contribution in [0, 0.1) is 5.92 Å². The fourth-order valence-corrected chi connectivity index (χ4v) is 4.28. The van der Waals surface area contributed by atoms with Crippen molar-refractivity contribution in [3.05, 3.63) is 42.1 Å². The Morgan fingerprint density at radius 1 is 1.26 bits per heavy atom. The van der Waals surface area contributed by atoms with Crippen molar-refractivity contribution in [2.24, 2.45) is 11.7 Å². The average molecular weight is 496 g/mol. The number of pyridine rings is 1. The third-order valence-corrected chi connectivity index (χ3v) is 5.61. The van der Waals surface area contributed by atoms with Gasteiger partial charge >= 0.3 is 12.3 Å². The van der Waals surface area contributed by atoms with E-state index in [4.69, 9.17) is 19.9 Å². The van der Waals surface area contributed by atoms with Crippen LogP contribution in [0.4, 0.5) is 23.8 Å². The number of carbonyl (C=O) groups excluding carboxylic acids is 1. The third-order valence-electron chi connectivity index (χ3n) is 5.61. The number of primary amides is 1. The highest BCUT2D eigenvalue weighted by molar-refractivity contribution is 5.68. The van der Waals surface area contributed by atoms with Gasteiger partial charge in [0.05, 0.1) is 18.2 Å². The van der Waals surface area contributed by atoms with Gasteiger partial charge in [-0.1, -0.05) is 19.9 Å². The van der Waals surface area contributed by atoms with E-state index in [9.17, 15) is 18.0 Å². The van der Waals surface area contributed by atoms with Gasteiger partial charge in [-0.25, -0.2) is 9.78 Å². The number of carbonyl (C=O) groups is 1. The molecule has 3 rings (SSSR count). The molecule has 2 atom stereocenters. The molecule has 1 aliphatic rings. The van der Waals surface area contributed by atoms with Gasteiger partial charge in [0.2, 0.25) is 0 Å². The zero-order valence-corrected chi connectivity index (χ0v) is 20.2. The second-order valence-electron chi connectivity index (χ2n) is 9.45. The number of hydrogen-bond donors (Lipinski definition) is 2. The molecule has 1 saturated heterocycles. The minimum absolute atomic E-state index is 0.0991. The van der Waals surface area contributed by atoms with E-state index in [0.717, 1.165) is 25.5 Å². The lowest BCUT2D eigenvalue weighted by atomic mass is 9.95. The monoisotopic (exact) mass is 495 g/mol. The second kappa shape index (κ2) is 11.2. The molecular weight excluding hydrogens is 463 g/mol. The number of amides is 1. The Labute approximate surface area is 203 Å². The van der Waals surface area contributed by atoms with Crippen LogP contribution in [-0.2, 0) is 15.7 Å². The van der Waals surface area contributed by atoms with Gasteiger partial charge in [-0.05, 0) is 67.5 Å². The van der Waals surface area contributed by atoms with Crippen molar-refractivity contribution in [3.8, 4) is 16.9 Å². The molecule has 35 heavy (non-hydrogen) atoms. The first-order valence-electron chi connectivity index (χ1n) is 11.6. The van der Waals surface area contributed by atoms with Gasteiger partial charge in [0.1, 0.15) is 23.8 Å². The van der Waals surface area contributed by atoms with Crippen LogP contribution in [0.5, 0.6) is 5.75 Å².